The van der Waals surface area contributed by atoms with Gasteiger partial charge in [-0.3, -0.25) is 9.69 Å². The number of carbonyl (C=O) groups is 1. The molecule has 1 fully saturated rings. The minimum Gasteiger partial charge on any atom is -0.468 e. The molecule has 0 aromatic heterocycles. The predicted molar refractivity (Wildman–Crippen MR) is 70.6 cm³/mol. The number of carbonyl (C=O) groups excluding carboxylic acids is 1. The van der Waals surface area contributed by atoms with E-state index in [0.717, 1.165) is 39.1 Å². The first-order valence-electron chi connectivity index (χ1n) is 6.63. The fourth-order valence-corrected chi connectivity index (χ4v) is 2.30. The van der Waals surface area contributed by atoms with Crippen molar-refractivity contribution >= 4 is 5.97 Å². The molecule has 1 aliphatic rings. The predicted octanol–water partition coefficient (Wildman–Crippen LogP) is 0.638. The molecule has 106 valence electrons. The summed E-state index contributed by atoms with van der Waals surface area (Å²) in [6.45, 7) is 7.76. The second-order valence-electron chi connectivity index (χ2n) is 5.16. The van der Waals surface area contributed by atoms with Crippen molar-refractivity contribution in [1.29, 1.82) is 0 Å². The van der Waals surface area contributed by atoms with Gasteiger partial charge in [0.25, 0.3) is 0 Å². The monoisotopic (exact) mass is 258 g/mol. The first-order chi connectivity index (χ1) is 8.51. The quantitative estimate of drug-likeness (QED) is 0.709. The van der Waals surface area contributed by atoms with E-state index in [1.807, 2.05) is 6.92 Å². The Hall–Kier alpha value is -0.650. The highest BCUT2D eigenvalue weighted by atomic mass is 16.5. The Bertz CT molecular complexity index is 273. The van der Waals surface area contributed by atoms with Crippen LogP contribution in [0.4, 0.5) is 0 Å². The van der Waals surface area contributed by atoms with E-state index >= 15 is 0 Å². The highest BCUT2D eigenvalue weighted by Gasteiger charge is 2.32. The maximum absolute atomic E-state index is 11.7. The van der Waals surface area contributed by atoms with Crippen LogP contribution in [0.25, 0.3) is 0 Å². The number of morpholine rings is 1. The van der Waals surface area contributed by atoms with Crippen LogP contribution in [-0.4, -0.2) is 62.9 Å². The topological polar surface area (TPSA) is 50.8 Å². The molecule has 18 heavy (non-hydrogen) atoms. The van der Waals surface area contributed by atoms with Crippen molar-refractivity contribution in [1.82, 2.24) is 10.2 Å². The Balaban J connectivity index is 2.33. The molecule has 0 radical (unpaired) electrons. The van der Waals surface area contributed by atoms with Gasteiger partial charge < -0.3 is 14.8 Å². The van der Waals surface area contributed by atoms with Crippen molar-refractivity contribution in [2.75, 3.05) is 40.4 Å². The van der Waals surface area contributed by atoms with Gasteiger partial charge in [-0.25, -0.2) is 0 Å². The second-order valence-corrected chi connectivity index (χ2v) is 5.16. The van der Waals surface area contributed by atoms with Crippen molar-refractivity contribution in [2.45, 2.75) is 38.3 Å². The maximum Gasteiger partial charge on any atom is 0.325 e. The second kappa shape index (κ2) is 7.07. The van der Waals surface area contributed by atoms with Gasteiger partial charge in [0, 0.05) is 13.1 Å². The number of hydrogen-bond donors (Lipinski definition) is 1. The van der Waals surface area contributed by atoms with Crippen molar-refractivity contribution in [2.24, 2.45) is 0 Å². The standard InChI is InChI=1S/C13H26N2O3/c1-11-10-15(8-9-18-11)7-5-6-13(2,14-3)12(16)17-4/h11,14H,5-10H2,1-4H3. The van der Waals surface area contributed by atoms with Crippen LogP contribution in [0.5, 0.6) is 0 Å². The normalized spacial score (nSPS) is 24.6. The van der Waals surface area contributed by atoms with Crippen LogP contribution in [0.1, 0.15) is 26.7 Å². The van der Waals surface area contributed by atoms with Crippen LogP contribution in [-0.2, 0) is 14.3 Å². The lowest BCUT2D eigenvalue weighted by molar-refractivity contribution is -0.148. The average molecular weight is 258 g/mol. The summed E-state index contributed by atoms with van der Waals surface area (Å²) in [6, 6.07) is 0. The highest BCUT2D eigenvalue weighted by molar-refractivity contribution is 5.80. The van der Waals surface area contributed by atoms with Crippen molar-refractivity contribution < 1.29 is 14.3 Å². The Morgan fingerprint density at radius 2 is 2.33 bits per heavy atom. The molecule has 2 atom stereocenters. The van der Waals surface area contributed by atoms with Crippen LogP contribution < -0.4 is 5.32 Å². The third-order valence-electron chi connectivity index (χ3n) is 3.66. The minimum absolute atomic E-state index is 0.194. The lowest BCUT2D eigenvalue weighted by Gasteiger charge is -2.32. The smallest absolute Gasteiger partial charge is 0.325 e. The molecule has 2 unspecified atom stereocenters. The molecular formula is C13H26N2O3. The molecule has 1 saturated heterocycles. The minimum atomic E-state index is -0.577. The Kier molecular flexibility index (Phi) is 6.05. The lowest BCUT2D eigenvalue weighted by Crippen LogP contribution is -2.49. The zero-order valence-corrected chi connectivity index (χ0v) is 12.0. The number of esters is 1. The van der Waals surface area contributed by atoms with Gasteiger partial charge in [0.15, 0.2) is 0 Å². The molecule has 1 heterocycles. The molecule has 0 aromatic rings. The Morgan fingerprint density at radius 1 is 1.61 bits per heavy atom. The summed E-state index contributed by atoms with van der Waals surface area (Å²) in [5.74, 6) is -0.194. The van der Waals surface area contributed by atoms with Crippen molar-refractivity contribution in [3.05, 3.63) is 0 Å². The SMILES string of the molecule is CNC(C)(CCCN1CCOC(C)C1)C(=O)OC. The number of nitrogens with one attached hydrogen (secondary N) is 1. The summed E-state index contributed by atoms with van der Waals surface area (Å²) in [6.07, 6.45) is 2.07. The van der Waals surface area contributed by atoms with Gasteiger partial charge in [-0.15, -0.1) is 0 Å². The van der Waals surface area contributed by atoms with Crippen LogP contribution in [0, 0.1) is 0 Å². The molecule has 5 nitrogen and oxygen atoms in total. The maximum atomic E-state index is 11.7. The molecule has 0 saturated carbocycles. The first kappa shape index (κ1) is 15.4. The summed E-state index contributed by atoms with van der Waals surface area (Å²) in [7, 11) is 3.23. The van der Waals surface area contributed by atoms with E-state index in [4.69, 9.17) is 9.47 Å². The van der Waals surface area contributed by atoms with E-state index in [2.05, 4.69) is 17.1 Å². The number of ether oxygens (including phenoxy) is 2. The van der Waals surface area contributed by atoms with Gasteiger partial charge in [0.2, 0.25) is 0 Å². The fourth-order valence-electron chi connectivity index (χ4n) is 2.30. The average Bonchev–Trinajstić information content (AvgIpc) is 2.37. The summed E-state index contributed by atoms with van der Waals surface area (Å²) in [4.78, 5) is 14.1. The zero-order chi connectivity index (χ0) is 13.6. The lowest BCUT2D eigenvalue weighted by atomic mass is 9.96. The Morgan fingerprint density at radius 3 is 2.89 bits per heavy atom. The highest BCUT2D eigenvalue weighted by Crippen LogP contribution is 2.15. The molecule has 0 aliphatic carbocycles. The van der Waals surface area contributed by atoms with Crippen molar-refractivity contribution in [3.63, 3.8) is 0 Å². The van der Waals surface area contributed by atoms with Gasteiger partial charge in [0.05, 0.1) is 19.8 Å². The Labute approximate surface area is 110 Å². The van der Waals surface area contributed by atoms with E-state index in [1.165, 1.54) is 7.11 Å². The van der Waals surface area contributed by atoms with E-state index in [9.17, 15) is 4.79 Å². The van der Waals surface area contributed by atoms with Crippen molar-refractivity contribution in [3.8, 4) is 0 Å². The molecule has 1 rings (SSSR count). The fraction of sp³-hybridized carbons (Fsp3) is 0.923. The van der Waals surface area contributed by atoms with Gasteiger partial charge in [0.1, 0.15) is 5.54 Å². The van der Waals surface area contributed by atoms with Gasteiger partial charge in [-0.1, -0.05) is 0 Å². The molecular weight excluding hydrogens is 232 g/mol. The van der Waals surface area contributed by atoms with E-state index in [-0.39, 0.29) is 5.97 Å². The third-order valence-corrected chi connectivity index (χ3v) is 3.66. The third kappa shape index (κ3) is 4.23. The largest absolute Gasteiger partial charge is 0.468 e. The summed E-state index contributed by atoms with van der Waals surface area (Å²) in [5, 5.41) is 3.06. The number of hydrogen-bond acceptors (Lipinski definition) is 5. The van der Waals surface area contributed by atoms with E-state index < -0.39 is 5.54 Å². The molecule has 1 N–H and O–H groups in total. The number of rotatable bonds is 6. The summed E-state index contributed by atoms with van der Waals surface area (Å²) >= 11 is 0. The number of methoxy groups -OCH3 is 1. The van der Waals surface area contributed by atoms with Gasteiger partial charge in [-0.2, -0.15) is 0 Å². The molecule has 1 aliphatic heterocycles. The molecule has 5 heteroatoms. The summed E-state index contributed by atoms with van der Waals surface area (Å²) < 4.78 is 10.3. The summed E-state index contributed by atoms with van der Waals surface area (Å²) in [5.41, 5.74) is -0.577. The number of nitrogens with zero attached hydrogens (tertiary/aromatic N) is 1. The molecule has 0 amide bonds. The van der Waals surface area contributed by atoms with Crippen LogP contribution in [0.15, 0.2) is 0 Å². The molecule has 0 spiro atoms. The van der Waals surface area contributed by atoms with Crippen LogP contribution >= 0.6 is 0 Å². The van der Waals surface area contributed by atoms with Gasteiger partial charge in [-0.05, 0) is 40.3 Å². The number of likely N-dealkylation sites (N-methyl/N-ethyl adjacent to an activating group) is 1. The van der Waals surface area contributed by atoms with Crippen LogP contribution in [0.3, 0.4) is 0 Å². The van der Waals surface area contributed by atoms with E-state index in [0.29, 0.717) is 6.10 Å². The first-order valence-corrected chi connectivity index (χ1v) is 6.63. The van der Waals surface area contributed by atoms with E-state index in [1.54, 1.807) is 7.05 Å². The molecule has 0 bridgehead atoms. The molecule has 0 aromatic carbocycles. The van der Waals surface area contributed by atoms with Crippen LogP contribution in [0.2, 0.25) is 0 Å². The zero-order valence-electron chi connectivity index (χ0n) is 12.0. The van der Waals surface area contributed by atoms with Gasteiger partial charge >= 0.3 is 5.97 Å².